The molecule has 1 aliphatic rings. The molecule has 42 heavy (non-hydrogen) atoms. The number of allylic oxidation sites excluding steroid dienone is 1. The highest BCUT2D eigenvalue weighted by Crippen LogP contribution is 2.59. The van der Waals surface area contributed by atoms with Crippen LogP contribution in [0.2, 0.25) is 0 Å². The Morgan fingerprint density at radius 1 is 0.452 bits per heavy atom. The van der Waals surface area contributed by atoms with E-state index in [0.717, 1.165) is 44.9 Å². The third kappa shape index (κ3) is 5.30. The van der Waals surface area contributed by atoms with E-state index in [1.165, 1.54) is 0 Å². The molecule has 0 bridgehead atoms. The molecule has 0 radical (unpaired) electrons. The molecule has 0 fully saturated rings. The van der Waals surface area contributed by atoms with Crippen molar-refractivity contribution in [3.63, 3.8) is 0 Å². The first-order valence-electron chi connectivity index (χ1n) is 13.5. The highest BCUT2D eigenvalue weighted by atomic mass is 16.5. The number of ether oxygens (including phenoxy) is 7. The summed E-state index contributed by atoms with van der Waals surface area (Å²) >= 11 is 0. The molecular formula is C35H36O7. The van der Waals surface area contributed by atoms with Gasteiger partial charge < -0.3 is 33.2 Å². The maximum Gasteiger partial charge on any atom is 0.161 e. The van der Waals surface area contributed by atoms with Crippen LogP contribution in [0, 0.1) is 0 Å². The predicted octanol–water partition coefficient (Wildman–Crippen LogP) is 7.22. The Kier molecular flexibility index (Phi) is 8.48. The summed E-state index contributed by atoms with van der Waals surface area (Å²) in [5.74, 6) is 4.67. The molecule has 4 aromatic carbocycles. The highest BCUT2D eigenvalue weighted by Gasteiger charge is 2.42. The fourth-order valence-electron chi connectivity index (χ4n) is 5.80. The number of rotatable bonds is 10. The number of methoxy groups -OCH3 is 7. The van der Waals surface area contributed by atoms with Crippen molar-refractivity contribution in [2.75, 3.05) is 49.8 Å². The van der Waals surface area contributed by atoms with Crippen LogP contribution in [0.25, 0.3) is 11.6 Å². The minimum absolute atomic E-state index is 0.139. The van der Waals surface area contributed by atoms with Gasteiger partial charge in [0.2, 0.25) is 0 Å². The molecule has 0 amide bonds. The van der Waals surface area contributed by atoms with Crippen molar-refractivity contribution in [2.45, 2.75) is 11.8 Å². The first kappa shape index (κ1) is 28.7. The van der Waals surface area contributed by atoms with Gasteiger partial charge in [0.1, 0.15) is 28.7 Å². The van der Waals surface area contributed by atoms with E-state index >= 15 is 0 Å². The lowest BCUT2D eigenvalue weighted by molar-refractivity contribution is 0.354. The molecule has 218 valence electrons. The molecule has 1 aliphatic carbocycles. The van der Waals surface area contributed by atoms with Gasteiger partial charge in [-0.2, -0.15) is 0 Å². The normalized spacial score (nSPS) is 16.5. The Balaban J connectivity index is 1.85. The standard InChI is InChI=1S/C35H36O7/c1-36-24-11-8-21(9-12-24)14-28-29-19-27(39-4)20-32(42-7)35(29)34(23-15-25(37-2)18-26(16-23)38-3)33(28)22-10-13-30(40-5)31(17-22)41-6/h8-20,33-34H,1-7H3/b28-14-/t33-,34+/m1/s1. The molecule has 5 rings (SSSR count). The van der Waals surface area contributed by atoms with Crippen molar-refractivity contribution in [1.29, 1.82) is 0 Å². The van der Waals surface area contributed by atoms with E-state index in [2.05, 4.69) is 42.5 Å². The van der Waals surface area contributed by atoms with Crippen LogP contribution in [0.1, 0.15) is 39.7 Å². The zero-order chi connectivity index (χ0) is 29.8. The second-order valence-electron chi connectivity index (χ2n) is 9.88. The molecule has 0 saturated carbocycles. The highest BCUT2D eigenvalue weighted by molar-refractivity contribution is 5.93. The van der Waals surface area contributed by atoms with Gasteiger partial charge in [0, 0.05) is 29.5 Å². The van der Waals surface area contributed by atoms with Crippen LogP contribution in [0.3, 0.4) is 0 Å². The average Bonchev–Trinajstić information content (AvgIpc) is 3.37. The van der Waals surface area contributed by atoms with E-state index in [4.69, 9.17) is 33.2 Å². The van der Waals surface area contributed by atoms with Crippen LogP contribution < -0.4 is 33.2 Å². The zero-order valence-electron chi connectivity index (χ0n) is 25.0. The molecule has 7 nitrogen and oxygen atoms in total. The Bertz CT molecular complexity index is 1570. The molecule has 0 aromatic heterocycles. The second-order valence-corrected chi connectivity index (χ2v) is 9.88. The Labute approximate surface area is 247 Å². The van der Waals surface area contributed by atoms with Gasteiger partial charge in [-0.15, -0.1) is 0 Å². The largest absolute Gasteiger partial charge is 0.497 e. The number of hydrogen-bond donors (Lipinski definition) is 0. The summed E-state index contributed by atoms with van der Waals surface area (Å²) in [6, 6.07) is 24.1. The number of hydrogen-bond acceptors (Lipinski definition) is 7. The van der Waals surface area contributed by atoms with Gasteiger partial charge in [0.05, 0.1) is 49.8 Å². The van der Waals surface area contributed by atoms with Crippen molar-refractivity contribution in [2.24, 2.45) is 0 Å². The molecule has 7 heteroatoms. The van der Waals surface area contributed by atoms with Gasteiger partial charge in [0.25, 0.3) is 0 Å². The quantitative estimate of drug-likeness (QED) is 0.200. The zero-order valence-corrected chi connectivity index (χ0v) is 25.0. The van der Waals surface area contributed by atoms with Gasteiger partial charge in [0.15, 0.2) is 11.5 Å². The summed E-state index contributed by atoms with van der Waals surface area (Å²) in [6.07, 6.45) is 2.22. The van der Waals surface area contributed by atoms with E-state index in [1.807, 2.05) is 36.4 Å². The molecule has 4 aromatic rings. The monoisotopic (exact) mass is 568 g/mol. The maximum atomic E-state index is 6.03. The van der Waals surface area contributed by atoms with Crippen molar-refractivity contribution >= 4 is 11.6 Å². The summed E-state index contributed by atoms with van der Waals surface area (Å²) in [7, 11) is 11.6. The Morgan fingerprint density at radius 3 is 1.62 bits per heavy atom. The molecule has 0 heterocycles. The van der Waals surface area contributed by atoms with E-state index in [0.29, 0.717) is 28.7 Å². The first-order valence-corrected chi connectivity index (χ1v) is 13.5. The van der Waals surface area contributed by atoms with Crippen LogP contribution in [-0.2, 0) is 0 Å². The minimum atomic E-state index is -0.160. The van der Waals surface area contributed by atoms with Crippen molar-refractivity contribution in [1.82, 2.24) is 0 Å². The average molecular weight is 569 g/mol. The van der Waals surface area contributed by atoms with Gasteiger partial charge in [-0.25, -0.2) is 0 Å². The summed E-state index contributed by atoms with van der Waals surface area (Å²) in [4.78, 5) is 0. The van der Waals surface area contributed by atoms with Crippen LogP contribution in [0.15, 0.2) is 72.8 Å². The number of benzene rings is 4. The van der Waals surface area contributed by atoms with Gasteiger partial charge in [-0.1, -0.05) is 24.3 Å². The van der Waals surface area contributed by atoms with Crippen molar-refractivity contribution in [3.8, 4) is 40.2 Å². The fraction of sp³-hybridized carbons (Fsp3) is 0.257. The summed E-state index contributed by atoms with van der Waals surface area (Å²) in [6.45, 7) is 0. The molecule has 0 N–H and O–H groups in total. The summed E-state index contributed by atoms with van der Waals surface area (Å²) in [5.41, 5.74) is 6.30. The van der Waals surface area contributed by atoms with Crippen LogP contribution >= 0.6 is 0 Å². The smallest absolute Gasteiger partial charge is 0.161 e. The SMILES string of the molecule is COc1ccc(/C=C2/c3cc(OC)cc(OC)c3[C@@H](c3cc(OC)cc(OC)c3)[C@@H]2c2ccc(OC)c(OC)c2)cc1. The van der Waals surface area contributed by atoms with Gasteiger partial charge >= 0.3 is 0 Å². The second kappa shape index (κ2) is 12.4. The lowest BCUT2D eigenvalue weighted by Gasteiger charge is -2.25. The van der Waals surface area contributed by atoms with Crippen molar-refractivity contribution < 1.29 is 33.2 Å². The summed E-state index contributed by atoms with van der Waals surface area (Å²) < 4.78 is 39.9. The third-order valence-corrected chi connectivity index (χ3v) is 7.80. The van der Waals surface area contributed by atoms with Gasteiger partial charge in [-0.3, -0.25) is 0 Å². The topological polar surface area (TPSA) is 64.6 Å². The molecular weight excluding hydrogens is 532 g/mol. The Morgan fingerprint density at radius 2 is 1.05 bits per heavy atom. The first-order chi connectivity index (χ1) is 20.5. The van der Waals surface area contributed by atoms with Crippen LogP contribution in [0.4, 0.5) is 0 Å². The lowest BCUT2D eigenvalue weighted by Crippen LogP contribution is -2.10. The van der Waals surface area contributed by atoms with Crippen molar-refractivity contribution in [3.05, 3.63) is 101 Å². The summed E-state index contributed by atoms with van der Waals surface area (Å²) in [5, 5.41) is 0. The lowest BCUT2D eigenvalue weighted by atomic mass is 9.79. The van der Waals surface area contributed by atoms with Gasteiger partial charge in [-0.05, 0) is 70.3 Å². The minimum Gasteiger partial charge on any atom is -0.497 e. The molecule has 0 saturated heterocycles. The fourth-order valence-corrected chi connectivity index (χ4v) is 5.80. The maximum absolute atomic E-state index is 6.03. The van der Waals surface area contributed by atoms with E-state index in [-0.39, 0.29) is 11.8 Å². The molecule has 0 unspecified atom stereocenters. The van der Waals surface area contributed by atoms with Crippen LogP contribution in [-0.4, -0.2) is 49.8 Å². The molecule has 2 atom stereocenters. The van der Waals surface area contributed by atoms with E-state index in [1.54, 1.807) is 49.8 Å². The third-order valence-electron chi connectivity index (χ3n) is 7.80. The molecule has 0 aliphatic heterocycles. The molecule has 0 spiro atoms. The predicted molar refractivity (Wildman–Crippen MR) is 164 cm³/mol. The Hall–Kier alpha value is -4.78. The number of fused-ring (bicyclic) bond motifs is 1. The van der Waals surface area contributed by atoms with E-state index < -0.39 is 0 Å². The van der Waals surface area contributed by atoms with E-state index in [9.17, 15) is 0 Å². The van der Waals surface area contributed by atoms with Crippen LogP contribution in [0.5, 0.6) is 40.2 Å².